The Labute approximate surface area is 62.0 Å². The van der Waals surface area contributed by atoms with E-state index in [0.29, 0.717) is 18.1 Å². The Morgan fingerprint density at radius 1 is 1.40 bits per heavy atom. The third-order valence-corrected chi connectivity index (χ3v) is 1.54. The van der Waals surface area contributed by atoms with Crippen LogP contribution >= 0.6 is 11.6 Å². The number of carbonyl (C=O) groups is 2. The van der Waals surface area contributed by atoms with E-state index in [1.165, 1.54) is 6.20 Å². The predicted molar refractivity (Wildman–Crippen MR) is 36.6 cm³/mol. The molecule has 4 heteroatoms. The van der Waals surface area contributed by atoms with Gasteiger partial charge in [-0.15, -0.1) is 0 Å². The van der Waals surface area contributed by atoms with Gasteiger partial charge in [0.05, 0.1) is 16.3 Å². The summed E-state index contributed by atoms with van der Waals surface area (Å²) in [4.78, 5) is 22.8. The standard InChI is InChI=1S/C6H4ClNO2/c7-6-4(2-9)1-8-5(6)3-10/h1-3,8H. The first kappa shape index (κ1) is 7.02. The van der Waals surface area contributed by atoms with Crippen molar-refractivity contribution in [3.63, 3.8) is 0 Å². The molecule has 1 rings (SSSR count). The van der Waals surface area contributed by atoms with Gasteiger partial charge in [0.15, 0.2) is 12.6 Å². The molecule has 0 aliphatic heterocycles. The third-order valence-electron chi connectivity index (χ3n) is 1.12. The summed E-state index contributed by atoms with van der Waals surface area (Å²) >= 11 is 5.53. The van der Waals surface area contributed by atoms with Gasteiger partial charge in [0.2, 0.25) is 0 Å². The van der Waals surface area contributed by atoms with E-state index in [2.05, 4.69) is 4.98 Å². The van der Waals surface area contributed by atoms with Crippen LogP contribution in [-0.2, 0) is 0 Å². The average molecular weight is 158 g/mol. The molecule has 10 heavy (non-hydrogen) atoms. The van der Waals surface area contributed by atoms with Crippen LogP contribution in [0.15, 0.2) is 6.20 Å². The first-order valence-corrected chi connectivity index (χ1v) is 2.94. The van der Waals surface area contributed by atoms with Crippen LogP contribution in [0.4, 0.5) is 0 Å². The summed E-state index contributed by atoms with van der Waals surface area (Å²) in [6.07, 6.45) is 2.54. The number of nitrogens with one attached hydrogen (secondary N) is 1. The summed E-state index contributed by atoms with van der Waals surface area (Å²) in [7, 11) is 0. The Hall–Kier alpha value is -1.09. The van der Waals surface area contributed by atoms with Gasteiger partial charge in [0.1, 0.15) is 0 Å². The fourth-order valence-electron chi connectivity index (χ4n) is 0.609. The monoisotopic (exact) mass is 157 g/mol. The van der Waals surface area contributed by atoms with Crippen LogP contribution in [0.1, 0.15) is 20.8 Å². The molecule has 0 bridgehead atoms. The Morgan fingerprint density at radius 3 is 2.40 bits per heavy atom. The Kier molecular flexibility index (Phi) is 1.87. The molecule has 0 unspecified atom stereocenters. The van der Waals surface area contributed by atoms with Crippen molar-refractivity contribution in [3.05, 3.63) is 22.5 Å². The van der Waals surface area contributed by atoms with Crippen molar-refractivity contribution in [2.75, 3.05) is 0 Å². The summed E-state index contributed by atoms with van der Waals surface area (Å²) < 4.78 is 0. The number of aromatic amines is 1. The molecule has 1 aromatic heterocycles. The maximum absolute atomic E-state index is 10.1. The molecular weight excluding hydrogens is 154 g/mol. The molecule has 0 aromatic carbocycles. The highest BCUT2D eigenvalue weighted by atomic mass is 35.5. The SMILES string of the molecule is O=Cc1c[nH]c(C=O)c1Cl. The Bertz CT molecular complexity index is 241. The molecular formula is C6H4ClNO2. The van der Waals surface area contributed by atoms with E-state index in [1.807, 2.05) is 0 Å². The van der Waals surface area contributed by atoms with Crippen LogP contribution in [0.25, 0.3) is 0 Å². The zero-order chi connectivity index (χ0) is 7.56. The zero-order valence-electron chi connectivity index (χ0n) is 4.93. The van der Waals surface area contributed by atoms with Gasteiger partial charge in [-0.3, -0.25) is 9.59 Å². The van der Waals surface area contributed by atoms with Crippen LogP contribution < -0.4 is 0 Å². The van der Waals surface area contributed by atoms with E-state index in [4.69, 9.17) is 11.6 Å². The van der Waals surface area contributed by atoms with Crippen molar-refractivity contribution in [1.82, 2.24) is 4.98 Å². The Morgan fingerprint density at radius 2 is 2.10 bits per heavy atom. The highest BCUT2D eigenvalue weighted by Crippen LogP contribution is 2.16. The molecule has 0 radical (unpaired) electrons. The first-order chi connectivity index (χ1) is 4.79. The number of H-pyrrole nitrogens is 1. The highest BCUT2D eigenvalue weighted by Gasteiger charge is 2.05. The van der Waals surface area contributed by atoms with Crippen LogP contribution in [-0.4, -0.2) is 17.6 Å². The maximum Gasteiger partial charge on any atom is 0.167 e. The molecule has 0 saturated heterocycles. The number of hydrogen-bond donors (Lipinski definition) is 1. The van der Waals surface area contributed by atoms with Crippen LogP contribution in [0.2, 0.25) is 5.02 Å². The summed E-state index contributed by atoms with van der Waals surface area (Å²) in [6.45, 7) is 0. The van der Waals surface area contributed by atoms with E-state index in [-0.39, 0.29) is 10.7 Å². The number of aromatic nitrogens is 1. The van der Waals surface area contributed by atoms with Crippen molar-refractivity contribution in [3.8, 4) is 0 Å². The lowest BCUT2D eigenvalue weighted by Gasteiger charge is -1.82. The van der Waals surface area contributed by atoms with Gasteiger partial charge in [-0.1, -0.05) is 11.6 Å². The molecule has 0 aliphatic rings. The molecule has 3 nitrogen and oxygen atoms in total. The molecule has 1 N–H and O–H groups in total. The van der Waals surface area contributed by atoms with Gasteiger partial charge in [0, 0.05) is 6.20 Å². The molecule has 0 fully saturated rings. The van der Waals surface area contributed by atoms with Crippen molar-refractivity contribution in [2.45, 2.75) is 0 Å². The van der Waals surface area contributed by atoms with Crippen molar-refractivity contribution in [2.24, 2.45) is 0 Å². The molecule has 1 aromatic rings. The number of rotatable bonds is 2. The molecule has 52 valence electrons. The highest BCUT2D eigenvalue weighted by molar-refractivity contribution is 6.35. The summed E-state index contributed by atoms with van der Waals surface area (Å²) in [6, 6.07) is 0. The number of carbonyl (C=O) groups excluding carboxylic acids is 2. The second-order valence-corrected chi connectivity index (χ2v) is 2.09. The van der Waals surface area contributed by atoms with Crippen molar-refractivity contribution < 1.29 is 9.59 Å². The molecule has 0 saturated carbocycles. The van der Waals surface area contributed by atoms with Gasteiger partial charge < -0.3 is 4.98 Å². The van der Waals surface area contributed by atoms with Crippen molar-refractivity contribution in [1.29, 1.82) is 0 Å². The molecule has 0 aliphatic carbocycles. The van der Waals surface area contributed by atoms with E-state index in [9.17, 15) is 9.59 Å². The Balaban J connectivity index is 3.20. The fraction of sp³-hybridized carbons (Fsp3) is 0. The summed E-state index contributed by atoms with van der Waals surface area (Å²) in [5.74, 6) is 0. The van der Waals surface area contributed by atoms with Crippen LogP contribution in [0.5, 0.6) is 0 Å². The van der Waals surface area contributed by atoms with Gasteiger partial charge in [-0.05, 0) is 0 Å². The number of hydrogen-bond acceptors (Lipinski definition) is 2. The first-order valence-electron chi connectivity index (χ1n) is 2.57. The van der Waals surface area contributed by atoms with E-state index >= 15 is 0 Å². The van der Waals surface area contributed by atoms with E-state index < -0.39 is 0 Å². The van der Waals surface area contributed by atoms with Crippen LogP contribution in [0, 0.1) is 0 Å². The second-order valence-electron chi connectivity index (χ2n) is 1.71. The zero-order valence-corrected chi connectivity index (χ0v) is 5.68. The van der Waals surface area contributed by atoms with Gasteiger partial charge >= 0.3 is 0 Å². The molecule has 0 amide bonds. The maximum atomic E-state index is 10.1. The smallest absolute Gasteiger partial charge is 0.167 e. The lowest BCUT2D eigenvalue weighted by Crippen LogP contribution is -1.78. The fourth-order valence-corrected chi connectivity index (χ4v) is 0.807. The number of aldehydes is 2. The minimum absolute atomic E-state index is 0.185. The number of halogens is 1. The lowest BCUT2D eigenvalue weighted by molar-refractivity contribution is 0.111. The van der Waals surface area contributed by atoms with Gasteiger partial charge in [-0.2, -0.15) is 0 Å². The largest absolute Gasteiger partial charge is 0.357 e. The average Bonchev–Trinajstić information content (AvgIpc) is 2.30. The topological polar surface area (TPSA) is 49.9 Å². The minimum atomic E-state index is 0.185. The van der Waals surface area contributed by atoms with Gasteiger partial charge in [0.25, 0.3) is 0 Å². The van der Waals surface area contributed by atoms with E-state index in [1.54, 1.807) is 0 Å². The summed E-state index contributed by atoms with van der Waals surface area (Å²) in [5, 5.41) is 0.185. The minimum Gasteiger partial charge on any atom is -0.357 e. The van der Waals surface area contributed by atoms with Gasteiger partial charge in [-0.25, -0.2) is 0 Å². The van der Waals surface area contributed by atoms with E-state index in [0.717, 1.165) is 0 Å². The van der Waals surface area contributed by atoms with Crippen molar-refractivity contribution >= 4 is 24.2 Å². The normalized spacial score (nSPS) is 9.30. The quantitative estimate of drug-likeness (QED) is 0.658. The summed E-state index contributed by atoms with van der Waals surface area (Å²) in [5.41, 5.74) is 0.549. The molecule has 0 atom stereocenters. The lowest BCUT2D eigenvalue weighted by atomic mass is 10.3. The third kappa shape index (κ3) is 0.953. The second kappa shape index (κ2) is 2.66. The molecule has 1 heterocycles. The predicted octanol–water partition coefficient (Wildman–Crippen LogP) is 1.29. The molecule has 0 spiro atoms. The van der Waals surface area contributed by atoms with Crippen LogP contribution in [0.3, 0.4) is 0 Å².